The zero-order chi connectivity index (χ0) is 21.2. The van der Waals surface area contributed by atoms with Gasteiger partial charge >= 0.3 is 5.69 Å². The van der Waals surface area contributed by atoms with Crippen molar-refractivity contribution in [3.8, 4) is 0 Å². The highest BCUT2D eigenvalue weighted by Crippen LogP contribution is 2.29. The average molecular weight is 423 g/mol. The molecule has 31 heavy (non-hydrogen) atoms. The highest BCUT2D eigenvalue weighted by atomic mass is 16.6. The van der Waals surface area contributed by atoms with Crippen LogP contribution < -0.4 is 10.2 Å². The van der Waals surface area contributed by atoms with Gasteiger partial charge in [-0.25, -0.2) is 19.6 Å². The fourth-order valence-corrected chi connectivity index (χ4v) is 3.94. The fourth-order valence-electron chi connectivity index (χ4n) is 3.94. The Kier molecular flexibility index (Phi) is 5.02. The summed E-state index contributed by atoms with van der Waals surface area (Å²) < 4.78 is 4.71. The number of imidazole rings is 1. The number of nitrogens with one attached hydrogen (secondary N) is 2. The van der Waals surface area contributed by atoms with Crippen molar-refractivity contribution in [2.24, 2.45) is 0 Å². The number of benzene rings is 1. The zero-order valence-corrected chi connectivity index (χ0v) is 16.7. The van der Waals surface area contributed by atoms with Gasteiger partial charge in [0.2, 0.25) is 5.52 Å². The lowest BCUT2D eigenvalue weighted by Gasteiger charge is -2.22. The number of nitrogens with zero attached hydrogens (tertiary/aromatic N) is 7. The average Bonchev–Trinajstić information content (AvgIpc) is 3.36. The summed E-state index contributed by atoms with van der Waals surface area (Å²) in [6, 6.07) is 2.99. The van der Waals surface area contributed by atoms with E-state index >= 15 is 0 Å². The van der Waals surface area contributed by atoms with Gasteiger partial charge in [0.15, 0.2) is 17.0 Å². The molecule has 12 nitrogen and oxygen atoms in total. The summed E-state index contributed by atoms with van der Waals surface area (Å²) >= 11 is 0. The number of hydrogen-bond donors (Lipinski definition) is 2. The maximum atomic E-state index is 11.1. The van der Waals surface area contributed by atoms with Gasteiger partial charge in [0.05, 0.1) is 16.9 Å². The van der Waals surface area contributed by atoms with E-state index in [1.165, 1.54) is 18.9 Å². The van der Waals surface area contributed by atoms with E-state index in [2.05, 4.69) is 35.5 Å². The highest BCUT2D eigenvalue weighted by Gasteiger charge is 2.20. The molecule has 1 aliphatic rings. The summed E-state index contributed by atoms with van der Waals surface area (Å²) in [7, 11) is 0. The lowest BCUT2D eigenvalue weighted by molar-refractivity contribution is -0.383. The minimum absolute atomic E-state index is 0.118. The minimum atomic E-state index is -0.506. The first-order valence-corrected chi connectivity index (χ1v) is 10.3. The number of anilines is 2. The SMILES string of the molecule is O=[N+]([O-])c1ccc(NCCc2nc(N3CCCCCC3)c3[nH]cnc3n2)c2nonc12. The maximum Gasteiger partial charge on any atom is 0.300 e. The molecule has 1 aliphatic heterocycles. The van der Waals surface area contributed by atoms with Crippen molar-refractivity contribution < 1.29 is 9.55 Å². The van der Waals surface area contributed by atoms with Crippen LogP contribution in [0.5, 0.6) is 0 Å². The first-order valence-electron chi connectivity index (χ1n) is 10.3. The Bertz CT molecular complexity index is 1230. The number of hydrogen-bond acceptors (Lipinski definition) is 10. The molecular weight excluding hydrogens is 402 g/mol. The molecule has 0 radical (unpaired) electrons. The smallest absolute Gasteiger partial charge is 0.300 e. The summed E-state index contributed by atoms with van der Waals surface area (Å²) in [5.41, 5.74) is 2.43. The van der Waals surface area contributed by atoms with Crippen LogP contribution >= 0.6 is 0 Å². The zero-order valence-electron chi connectivity index (χ0n) is 16.7. The molecule has 0 aliphatic carbocycles. The molecule has 0 spiro atoms. The molecule has 0 bridgehead atoms. The van der Waals surface area contributed by atoms with E-state index in [1.54, 1.807) is 12.4 Å². The van der Waals surface area contributed by atoms with Crippen LogP contribution in [0.3, 0.4) is 0 Å². The van der Waals surface area contributed by atoms with Crippen molar-refractivity contribution in [2.45, 2.75) is 32.1 Å². The van der Waals surface area contributed by atoms with Crippen molar-refractivity contribution in [1.29, 1.82) is 0 Å². The molecule has 160 valence electrons. The summed E-state index contributed by atoms with van der Waals surface area (Å²) in [6.07, 6.45) is 6.98. The number of aromatic nitrogens is 6. The molecule has 4 aromatic rings. The van der Waals surface area contributed by atoms with Gasteiger partial charge in [-0.2, -0.15) is 0 Å². The van der Waals surface area contributed by atoms with E-state index < -0.39 is 4.92 Å². The second-order valence-electron chi connectivity index (χ2n) is 7.49. The van der Waals surface area contributed by atoms with Crippen molar-refractivity contribution >= 4 is 39.4 Å². The molecule has 5 rings (SSSR count). The first-order chi connectivity index (χ1) is 15.2. The molecule has 0 unspecified atom stereocenters. The van der Waals surface area contributed by atoms with Gasteiger partial charge in [0, 0.05) is 32.1 Å². The van der Waals surface area contributed by atoms with Gasteiger partial charge in [-0.05, 0) is 29.2 Å². The molecule has 0 amide bonds. The molecule has 2 N–H and O–H groups in total. The Hall–Kier alpha value is -3.83. The van der Waals surface area contributed by atoms with E-state index in [0.29, 0.717) is 35.6 Å². The normalized spacial score (nSPS) is 14.8. The van der Waals surface area contributed by atoms with Crippen molar-refractivity contribution in [2.75, 3.05) is 29.9 Å². The first kappa shape index (κ1) is 19.2. The Labute approximate surface area is 176 Å². The Morgan fingerprint density at radius 1 is 1.13 bits per heavy atom. The highest BCUT2D eigenvalue weighted by molar-refractivity contribution is 5.93. The predicted octanol–water partition coefficient (Wildman–Crippen LogP) is 2.83. The summed E-state index contributed by atoms with van der Waals surface area (Å²) in [5.74, 6) is 1.58. The third-order valence-corrected chi connectivity index (χ3v) is 5.47. The number of nitro groups is 1. The van der Waals surface area contributed by atoms with Gasteiger partial charge < -0.3 is 15.2 Å². The van der Waals surface area contributed by atoms with E-state index in [0.717, 1.165) is 37.3 Å². The van der Waals surface area contributed by atoms with Gasteiger partial charge in [0.1, 0.15) is 11.3 Å². The number of rotatable bonds is 6. The number of H-pyrrole nitrogens is 1. The number of aromatic amines is 1. The standard InChI is InChI=1S/C19H21N9O3/c29-28(30)13-6-5-12(15-16(13)26-31-25-15)20-8-7-14-23-18-17(21-11-22-18)19(24-14)27-9-3-1-2-4-10-27/h5-6,11,20H,1-4,7-10H2,(H,21,22,23,24). The van der Waals surface area contributed by atoms with Crippen LogP contribution in [0.4, 0.5) is 17.2 Å². The third-order valence-electron chi connectivity index (χ3n) is 5.47. The van der Waals surface area contributed by atoms with Crippen molar-refractivity contribution in [3.63, 3.8) is 0 Å². The molecule has 3 aromatic heterocycles. The van der Waals surface area contributed by atoms with Crippen LogP contribution in [0.25, 0.3) is 22.2 Å². The van der Waals surface area contributed by atoms with E-state index in [9.17, 15) is 10.1 Å². The topological polar surface area (TPSA) is 152 Å². The van der Waals surface area contributed by atoms with Crippen LogP contribution in [-0.4, -0.2) is 54.8 Å². The Morgan fingerprint density at radius 2 is 1.94 bits per heavy atom. The van der Waals surface area contributed by atoms with Crippen LogP contribution in [0.1, 0.15) is 31.5 Å². The molecule has 0 saturated carbocycles. The Morgan fingerprint density at radius 3 is 2.74 bits per heavy atom. The molecule has 1 saturated heterocycles. The third kappa shape index (κ3) is 3.71. The fraction of sp³-hybridized carbons (Fsp3) is 0.421. The van der Waals surface area contributed by atoms with Crippen molar-refractivity contribution in [1.82, 2.24) is 30.2 Å². The lowest BCUT2D eigenvalue weighted by Crippen LogP contribution is -2.26. The van der Waals surface area contributed by atoms with Gasteiger partial charge in [-0.1, -0.05) is 12.8 Å². The van der Waals surface area contributed by atoms with Crippen LogP contribution in [0, 0.1) is 10.1 Å². The largest absolute Gasteiger partial charge is 0.383 e. The van der Waals surface area contributed by atoms with Gasteiger partial charge in [0.25, 0.3) is 0 Å². The van der Waals surface area contributed by atoms with E-state index in [-0.39, 0.29) is 11.2 Å². The van der Waals surface area contributed by atoms with E-state index in [1.807, 2.05) is 0 Å². The molecular formula is C19H21N9O3. The number of fused-ring (bicyclic) bond motifs is 2. The minimum Gasteiger partial charge on any atom is -0.383 e. The molecule has 12 heteroatoms. The van der Waals surface area contributed by atoms with Gasteiger partial charge in [-0.3, -0.25) is 10.1 Å². The van der Waals surface area contributed by atoms with Crippen molar-refractivity contribution in [3.05, 3.63) is 34.4 Å². The molecule has 0 atom stereocenters. The Balaban J connectivity index is 1.36. The molecule has 4 heterocycles. The van der Waals surface area contributed by atoms with Crippen LogP contribution in [0.2, 0.25) is 0 Å². The summed E-state index contributed by atoms with van der Waals surface area (Å²) in [6.45, 7) is 2.46. The summed E-state index contributed by atoms with van der Waals surface area (Å²) in [4.78, 5) is 29.9. The predicted molar refractivity (Wildman–Crippen MR) is 113 cm³/mol. The quantitative estimate of drug-likeness (QED) is 0.350. The second kappa shape index (κ2) is 8.13. The monoisotopic (exact) mass is 423 g/mol. The van der Waals surface area contributed by atoms with E-state index in [4.69, 9.17) is 9.61 Å². The lowest BCUT2D eigenvalue weighted by atomic mass is 10.2. The maximum absolute atomic E-state index is 11.1. The van der Waals surface area contributed by atoms with Gasteiger partial charge in [-0.15, -0.1) is 0 Å². The molecule has 1 fully saturated rings. The van der Waals surface area contributed by atoms with Crippen LogP contribution in [0.15, 0.2) is 23.1 Å². The van der Waals surface area contributed by atoms with Crippen LogP contribution in [-0.2, 0) is 6.42 Å². The summed E-state index contributed by atoms with van der Waals surface area (Å²) in [5, 5.41) is 21.8. The number of nitro benzene ring substituents is 1. The number of non-ortho nitro benzene ring substituents is 1. The molecule has 1 aromatic carbocycles. The second-order valence-corrected chi connectivity index (χ2v) is 7.49.